The van der Waals surface area contributed by atoms with Crippen LogP contribution in [0.1, 0.15) is 28.7 Å². The molecule has 0 bridgehead atoms. The van der Waals surface area contributed by atoms with Crippen molar-refractivity contribution < 1.29 is 9.21 Å². The van der Waals surface area contributed by atoms with Crippen molar-refractivity contribution in [2.75, 3.05) is 0 Å². The van der Waals surface area contributed by atoms with Crippen molar-refractivity contribution in [2.45, 2.75) is 18.9 Å². The van der Waals surface area contributed by atoms with E-state index in [2.05, 4.69) is 11.4 Å². The zero-order valence-corrected chi connectivity index (χ0v) is 15.0. The second-order valence-electron chi connectivity index (χ2n) is 6.18. The molecule has 4 aromatic rings. The zero-order chi connectivity index (χ0) is 17.8. The molecule has 0 unspecified atom stereocenters. The Labute approximate surface area is 156 Å². The highest BCUT2D eigenvalue weighted by molar-refractivity contribution is 7.09. The van der Waals surface area contributed by atoms with E-state index in [9.17, 15) is 4.79 Å². The molecule has 2 aromatic heterocycles. The van der Waals surface area contributed by atoms with Gasteiger partial charge in [-0.3, -0.25) is 4.79 Å². The Bertz CT molecular complexity index is 956. The van der Waals surface area contributed by atoms with E-state index in [1.165, 1.54) is 4.88 Å². The molecular weight excluding hydrogens is 342 g/mol. The van der Waals surface area contributed by atoms with Gasteiger partial charge in [-0.25, -0.2) is 0 Å². The summed E-state index contributed by atoms with van der Waals surface area (Å²) in [6.07, 6.45) is 1.22. The summed E-state index contributed by atoms with van der Waals surface area (Å²) >= 11 is 1.68. The van der Waals surface area contributed by atoms with Crippen molar-refractivity contribution in [2.24, 2.45) is 0 Å². The van der Waals surface area contributed by atoms with Crippen molar-refractivity contribution in [3.63, 3.8) is 0 Å². The first-order valence-corrected chi connectivity index (χ1v) is 9.53. The van der Waals surface area contributed by atoms with Gasteiger partial charge in [-0.2, -0.15) is 0 Å². The number of para-hydroxylation sites is 1. The standard InChI is InChI=1S/C22H19NO2S/c24-21(13-12-18-10-6-14-26-18)23-22(16-7-2-1-3-8-16)20-15-17-9-4-5-11-19(17)25-20/h1-11,14-15,22H,12-13H2,(H,23,24)/t22-/m0/s1. The molecule has 0 aliphatic heterocycles. The summed E-state index contributed by atoms with van der Waals surface area (Å²) in [5.74, 6) is 0.773. The quantitative estimate of drug-likeness (QED) is 0.504. The highest BCUT2D eigenvalue weighted by Crippen LogP contribution is 2.28. The second kappa shape index (κ2) is 7.58. The summed E-state index contributed by atoms with van der Waals surface area (Å²) in [6.45, 7) is 0. The first-order valence-electron chi connectivity index (χ1n) is 8.65. The minimum atomic E-state index is -0.292. The van der Waals surface area contributed by atoms with E-state index in [1.54, 1.807) is 11.3 Å². The highest BCUT2D eigenvalue weighted by Gasteiger charge is 2.20. The lowest BCUT2D eigenvalue weighted by Gasteiger charge is -2.17. The van der Waals surface area contributed by atoms with Gasteiger partial charge in [0.05, 0.1) is 0 Å². The van der Waals surface area contributed by atoms with Crippen LogP contribution in [-0.2, 0) is 11.2 Å². The molecule has 0 spiro atoms. The number of carbonyl (C=O) groups is 1. The average molecular weight is 361 g/mol. The number of rotatable bonds is 6. The largest absolute Gasteiger partial charge is 0.459 e. The maximum Gasteiger partial charge on any atom is 0.221 e. The van der Waals surface area contributed by atoms with Crippen LogP contribution in [0.3, 0.4) is 0 Å². The Morgan fingerprint density at radius 3 is 2.58 bits per heavy atom. The average Bonchev–Trinajstić information content (AvgIpc) is 3.34. The smallest absolute Gasteiger partial charge is 0.221 e. The number of nitrogens with one attached hydrogen (secondary N) is 1. The van der Waals surface area contributed by atoms with Gasteiger partial charge >= 0.3 is 0 Å². The molecule has 0 aliphatic carbocycles. The Kier molecular flexibility index (Phi) is 4.84. The van der Waals surface area contributed by atoms with E-state index in [1.807, 2.05) is 72.1 Å². The summed E-state index contributed by atoms with van der Waals surface area (Å²) in [6, 6.07) is 23.6. The Hall–Kier alpha value is -2.85. The Balaban J connectivity index is 1.57. The molecule has 1 N–H and O–H groups in total. The SMILES string of the molecule is O=C(CCc1cccs1)N[C@@H](c1ccccc1)c1cc2ccccc2o1. The number of hydrogen-bond donors (Lipinski definition) is 1. The predicted octanol–water partition coefficient (Wildman–Crippen LogP) is 5.33. The fourth-order valence-electron chi connectivity index (χ4n) is 3.03. The molecule has 4 heteroatoms. The van der Waals surface area contributed by atoms with E-state index < -0.39 is 0 Å². The molecule has 2 aromatic carbocycles. The zero-order valence-electron chi connectivity index (χ0n) is 14.2. The van der Waals surface area contributed by atoms with Crippen molar-refractivity contribution in [1.29, 1.82) is 0 Å². The van der Waals surface area contributed by atoms with Gasteiger partial charge in [-0.05, 0) is 35.6 Å². The lowest BCUT2D eigenvalue weighted by atomic mass is 10.0. The van der Waals surface area contributed by atoms with Crippen LogP contribution >= 0.6 is 11.3 Å². The molecule has 3 nitrogen and oxygen atoms in total. The van der Waals surface area contributed by atoms with Crippen LogP contribution in [0.5, 0.6) is 0 Å². The summed E-state index contributed by atoms with van der Waals surface area (Å²) in [5.41, 5.74) is 1.84. The molecule has 1 atom stereocenters. The lowest BCUT2D eigenvalue weighted by molar-refractivity contribution is -0.121. The van der Waals surface area contributed by atoms with E-state index in [0.29, 0.717) is 6.42 Å². The third-order valence-electron chi connectivity index (χ3n) is 4.35. The molecule has 1 amide bonds. The van der Waals surface area contributed by atoms with Gasteiger partial charge in [-0.1, -0.05) is 54.6 Å². The number of thiophene rings is 1. The predicted molar refractivity (Wildman–Crippen MR) is 105 cm³/mol. The number of aryl methyl sites for hydroxylation is 1. The first-order chi connectivity index (χ1) is 12.8. The molecule has 4 rings (SSSR count). The number of hydrogen-bond acceptors (Lipinski definition) is 3. The lowest BCUT2D eigenvalue weighted by Crippen LogP contribution is -2.29. The molecule has 0 saturated carbocycles. The minimum Gasteiger partial charge on any atom is -0.459 e. The van der Waals surface area contributed by atoms with E-state index >= 15 is 0 Å². The Morgan fingerprint density at radius 2 is 1.81 bits per heavy atom. The number of furan rings is 1. The molecule has 26 heavy (non-hydrogen) atoms. The summed E-state index contributed by atoms with van der Waals surface area (Å²) < 4.78 is 6.02. The maximum absolute atomic E-state index is 12.6. The highest BCUT2D eigenvalue weighted by atomic mass is 32.1. The van der Waals surface area contributed by atoms with Gasteiger partial charge in [0.2, 0.25) is 5.91 Å². The normalized spacial score (nSPS) is 12.2. The summed E-state index contributed by atoms with van der Waals surface area (Å²) in [7, 11) is 0. The van der Waals surface area contributed by atoms with Gasteiger partial charge in [0.15, 0.2) is 0 Å². The van der Waals surface area contributed by atoms with E-state index in [-0.39, 0.29) is 11.9 Å². The van der Waals surface area contributed by atoms with Crippen molar-refractivity contribution in [1.82, 2.24) is 5.32 Å². The maximum atomic E-state index is 12.6. The third-order valence-corrected chi connectivity index (χ3v) is 5.28. The van der Waals surface area contributed by atoms with Crippen LogP contribution in [0, 0.1) is 0 Å². The van der Waals surface area contributed by atoms with Crippen LogP contribution in [0.4, 0.5) is 0 Å². The third kappa shape index (κ3) is 3.70. The van der Waals surface area contributed by atoms with Gasteiger partial charge in [-0.15, -0.1) is 11.3 Å². The van der Waals surface area contributed by atoms with Crippen LogP contribution in [0.2, 0.25) is 0 Å². The monoisotopic (exact) mass is 361 g/mol. The van der Waals surface area contributed by atoms with Crippen LogP contribution in [0.15, 0.2) is 82.6 Å². The van der Waals surface area contributed by atoms with Crippen molar-refractivity contribution in [3.8, 4) is 0 Å². The van der Waals surface area contributed by atoms with E-state index in [0.717, 1.165) is 28.7 Å². The summed E-state index contributed by atoms with van der Waals surface area (Å²) in [5, 5.41) is 6.22. The molecule has 0 saturated heterocycles. The van der Waals surface area contributed by atoms with Crippen LogP contribution in [0.25, 0.3) is 11.0 Å². The molecule has 0 fully saturated rings. The molecule has 130 valence electrons. The fraction of sp³-hybridized carbons (Fsp3) is 0.136. The van der Waals surface area contributed by atoms with Gasteiger partial charge < -0.3 is 9.73 Å². The minimum absolute atomic E-state index is 0.0210. The summed E-state index contributed by atoms with van der Waals surface area (Å²) in [4.78, 5) is 13.8. The topological polar surface area (TPSA) is 42.2 Å². The van der Waals surface area contributed by atoms with Gasteiger partial charge in [0.1, 0.15) is 17.4 Å². The van der Waals surface area contributed by atoms with Crippen LogP contribution < -0.4 is 5.32 Å². The van der Waals surface area contributed by atoms with Crippen molar-refractivity contribution >= 4 is 28.2 Å². The molecule has 0 aliphatic rings. The fourth-order valence-corrected chi connectivity index (χ4v) is 3.74. The number of fused-ring (bicyclic) bond motifs is 1. The van der Waals surface area contributed by atoms with Gasteiger partial charge in [0, 0.05) is 16.7 Å². The first kappa shape index (κ1) is 16.6. The number of amides is 1. The molecular formula is C22H19NO2S. The number of benzene rings is 2. The number of carbonyl (C=O) groups excluding carboxylic acids is 1. The molecule has 0 radical (unpaired) electrons. The Morgan fingerprint density at radius 1 is 1.00 bits per heavy atom. The second-order valence-corrected chi connectivity index (χ2v) is 7.21. The van der Waals surface area contributed by atoms with Crippen LogP contribution in [-0.4, -0.2) is 5.91 Å². The van der Waals surface area contributed by atoms with E-state index in [4.69, 9.17) is 4.42 Å². The van der Waals surface area contributed by atoms with Crippen molar-refractivity contribution in [3.05, 3.63) is 94.4 Å². The van der Waals surface area contributed by atoms with Gasteiger partial charge in [0.25, 0.3) is 0 Å². The molecule has 2 heterocycles.